The van der Waals surface area contributed by atoms with E-state index in [1.54, 1.807) is 18.2 Å². The number of benzene rings is 1. The first-order chi connectivity index (χ1) is 13.0. The molecule has 4 rings (SSSR count). The Hall–Kier alpha value is -2.90. The van der Waals surface area contributed by atoms with Crippen molar-refractivity contribution in [2.45, 2.75) is 19.5 Å². The van der Waals surface area contributed by atoms with E-state index in [4.69, 9.17) is 21.1 Å². The third-order valence-electron chi connectivity index (χ3n) is 4.52. The number of carbonyl (C=O) groups is 1. The molecule has 0 unspecified atom stereocenters. The Labute approximate surface area is 159 Å². The number of halogens is 1. The van der Waals surface area contributed by atoms with Crippen LogP contribution in [0.5, 0.6) is 0 Å². The van der Waals surface area contributed by atoms with Gasteiger partial charge in [0.1, 0.15) is 11.6 Å². The molecule has 0 radical (unpaired) electrons. The van der Waals surface area contributed by atoms with Crippen LogP contribution in [0, 0.1) is 0 Å². The molecule has 2 N–H and O–H groups in total. The van der Waals surface area contributed by atoms with Crippen LogP contribution in [-0.2, 0) is 19.5 Å². The van der Waals surface area contributed by atoms with Crippen molar-refractivity contribution in [3.63, 3.8) is 0 Å². The Balaban J connectivity index is 1.55. The van der Waals surface area contributed by atoms with Crippen LogP contribution in [-0.4, -0.2) is 32.5 Å². The first-order valence-electron chi connectivity index (χ1n) is 8.42. The number of hydrogen-bond acceptors (Lipinski definition) is 5. The minimum absolute atomic E-state index is 0.0884. The van der Waals surface area contributed by atoms with Gasteiger partial charge in [-0.25, -0.2) is 9.78 Å². The zero-order valence-corrected chi connectivity index (χ0v) is 15.0. The molecule has 1 aliphatic rings. The summed E-state index contributed by atoms with van der Waals surface area (Å²) in [6.07, 6.45) is 0.631. The van der Waals surface area contributed by atoms with Crippen molar-refractivity contribution in [3.05, 3.63) is 74.6 Å². The number of nitrogens with zero attached hydrogens (tertiary/aromatic N) is 2. The number of furan rings is 1. The van der Waals surface area contributed by atoms with Crippen molar-refractivity contribution in [3.8, 4) is 11.4 Å². The zero-order valence-electron chi connectivity index (χ0n) is 14.2. The number of aromatic nitrogens is 2. The van der Waals surface area contributed by atoms with Gasteiger partial charge in [-0.05, 0) is 36.4 Å². The average molecular weight is 386 g/mol. The summed E-state index contributed by atoms with van der Waals surface area (Å²) in [4.78, 5) is 33.0. The van der Waals surface area contributed by atoms with E-state index >= 15 is 0 Å². The molecule has 0 fully saturated rings. The molecule has 138 valence electrons. The van der Waals surface area contributed by atoms with E-state index in [0.717, 1.165) is 11.3 Å². The highest BCUT2D eigenvalue weighted by Crippen LogP contribution is 2.21. The maximum absolute atomic E-state index is 12.6. The molecule has 3 aromatic rings. The van der Waals surface area contributed by atoms with Gasteiger partial charge in [-0.15, -0.1) is 0 Å². The van der Waals surface area contributed by atoms with Crippen molar-refractivity contribution >= 4 is 17.6 Å². The summed E-state index contributed by atoms with van der Waals surface area (Å²) in [5, 5.41) is 9.56. The number of rotatable bonds is 4. The number of carboxylic acid groups (broad SMARTS) is 1. The second-order valence-electron chi connectivity index (χ2n) is 6.38. The fourth-order valence-corrected chi connectivity index (χ4v) is 3.28. The van der Waals surface area contributed by atoms with Gasteiger partial charge in [-0.1, -0.05) is 11.6 Å². The van der Waals surface area contributed by atoms with Gasteiger partial charge >= 0.3 is 5.97 Å². The van der Waals surface area contributed by atoms with Crippen molar-refractivity contribution in [1.82, 2.24) is 14.9 Å². The Kier molecular flexibility index (Phi) is 4.55. The summed E-state index contributed by atoms with van der Waals surface area (Å²) in [5.74, 6) is -0.103. The first kappa shape index (κ1) is 17.5. The number of fused-ring (bicyclic) bond motifs is 1. The van der Waals surface area contributed by atoms with Gasteiger partial charge < -0.3 is 14.5 Å². The van der Waals surface area contributed by atoms with Gasteiger partial charge in [-0.2, -0.15) is 0 Å². The van der Waals surface area contributed by atoms with E-state index in [1.165, 1.54) is 6.07 Å². The third kappa shape index (κ3) is 3.65. The van der Waals surface area contributed by atoms with Crippen molar-refractivity contribution in [2.75, 3.05) is 6.54 Å². The maximum atomic E-state index is 12.6. The molecule has 1 aromatic carbocycles. The molecular formula is C19H16ClN3O4. The number of nitrogens with one attached hydrogen (secondary N) is 1. The van der Waals surface area contributed by atoms with Gasteiger partial charge in [-0.3, -0.25) is 9.69 Å². The van der Waals surface area contributed by atoms with Crippen LogP contribution in [0.1, 0.15) is 27.6 Å². The monoisotopic (exact) mass is 385 g/mol. The van der Waals surface area contributed by atoms with Crippen LogP contribution in [0.4, 0.5) is 0 Å². The van der Waals surface area contributed by atoms with E-state index in [2.05, 4.69) is 9.97 Å². The van der Waals surface area contributed by atoms with E-state index in [0.29, 0.717) is 48.2 Å². The van der Waals surface area contributed by atoms with Gasteiger partial charge in [0.25, 0.3) is 5.56 Å². The molecule has 0 bridgehead atoms. The van der Waals surface area contributed by atoms with Crippen molar-refractivity contribution < 1.29 is 14.3 Å². The fourth-order valence-electron chi connectivity index (χ4n) is 3.16. The number of aromatic amines is 1. The molecule has 8 heteroatoms. The van der Waals surface area contributed by atoms with E-state index in [1.807, 2.05) is 17.0 Å². The topological polar surface area (TPSA) is 99.4 Å². The summed E-state index contributed by atoms with van der Waals surface area (Å²) in [6.45, 7) is 1.57. The Morgan fingerprint density at radius 1 is 1.26 bits per heavy atom. The molecular weight excluding hydrogens is 370 g/mol. The number of aromatic carboxylic acids is 1. The van der Waals surface area contributed by atoms with Crippen LogP contribution in [0.2, 0.25) is 5.02 Å². The molecule has 0 atom stereocenters. The molecule has 7 nitrogen and oxygen atoms in total. The SMILES string of the molecule is O=C(O)c1ccc(CN2CCc3nc(-c4ccc(Cl)cc4)[nH]c(=O)c3C2)o1. The molecule has 0 spiro atoms. The van der Waals surface area contributed by atoms with Crippen LogP contribution in [0.15, 0.2) is 45.6 Å². The summed E-state index contributed by atoms with van der Waals surface area (Å²) in [7, 11) is 0. The minimum atomic E-state index is -1.10. The predicted molar refractivity (Wildman–Crippen MR) is 98.8 cm³/mol. The summed E-state index contributed by atoms with van der Waals surface area (Å²) in [6, 6.07) is 10.2. The fraction of sp³-hybridized carbons (Fsp3) is 0.211. The van der Waals surface area contributed by atoms with Gasteiger partial charge in [0.05, 0.1) is 17.8 Å². The molecule has 0 amide bonds. The molecule has 2 aromatic heterocycles. The Bertz CT molecular complexity index is 1060. The normalized spacial score (nSPS) is 14.1. The lowest BCUT2D eigenvalue weighted by Crippen LogP contribution is -2.35. The van der Waals surface area contributed by atoms with Gasteiger partial charge in [0.2, 0.25) is 5.76 Å². The molecule has 1 aliphatic heterocycles. The standard InChI is InChI=1S/C19H16ClN3O4/c20-12-3-1-11(2-4-12)17-21-15-7-8-23(10-14(15)18(24)22-17)9-13-5-6-16(27-13)19(25)26/h1-6H,7-10H2,(H,25,26)(H,21,22,24). The lowest BCUT2D eigenvalue weighted by atomic mass is 10.1. The van der Waals surface area contributed by atoms with E-state index in [-0.39, 0.29) is 11.3 Å². The van der Waals surface area contributed by atoms with Crippen LogP contribution < -0.4 is 5.56 Å². The Morgan fingerprint density at radius 2 is 2.04 bits per heavy atom. The number of carboxylic acids is 1. The second kappa shape index (κ2) is 7.02. The summed E-state index contributed by atoms with van der Waals surface area (Å²) >= 11 is 5.91. The molecule has 0 saturated carbocycles. The van der Waals surface area contributed by atoms with Crippen LogP contribution >= 0.6 is 11.6 Å². The zero-order chi connectivity index (χ0) is 19.0. The Morgan fingerprint density at radius 3 is 2.74 bits per heavy atom. The number of H-pyrrole nitrogens is 1. The van der Waals surface area contributed by atoms with E-state index < -0.39 is 5.97 Å². The highest BCUT2D eigenvalue weighted by Gasteiger charge is 2.22. The lowest BCUT2D eigenvalue weighted by molar-refractivity contribution is 0.0658. The highest BCUT2D eigenvalue weighted by atomic mass is 35.5. The third-order valence-corrected chi connectivity index (χ3v) is 4.77. The van der Waals surface area contributed by atoms with E-state index in [9.17, 15) is 9.59 Å². The lowest BCUT2D eigenvalue weighted by Gasteiger charge is -2.26. The van der Waals surface area contributed by atoms with Gasteiger partial charge in [0, 0.05) is 30.1 Å². The molecule has 3 heterocycles. The smallest absolute Gasteiger partial charge is 0.371 e. The average Bonchev–Trinajstić information content (AvgIpc) is 3.11. The molecule has 27 heavy (non-hydrogen) atoms. The highest BCUT2D eigenvalue weighted by molar-refractivity contribution is 6.30. The number of hydrogen-bond donors (Lipinski definition) is 2. The largest absolute Gasteiger partial charge is 0.475 e. The quantitative estimate of drug-likeness (QED) is 0.716. The van der Waals surface area contributed by atoms with Gasteiger partial charge in [0.15, 0.2) is 0 Å². The minimum Gasteiger partial charge on any atom is -0.475 e. The summed E-state index contributed by atoms with van der Waals surface area (Å²) in [5.41, 5.74) is 2.05. The van der Waals surface area contributed by atoms with Crippen LogP contribution in [0.25, 0.3) is 11.4 Å². The summed E-state index contributed by atoms with van der Waals surface area (Å²) < 4.78 is 5.30. The maximum Gasteiger partial charge on any atom is 0.371 e. The first-order valence-corrected chi connectivity index (χ1v) is 8.80. The van der Waals surface area contributed by atoms with Crippen LogP contribution in [0.3, 0.4) is 0 Å². The predicted octanol–water partition coefficient (Wildman–Crippen LogP) is 2.94. The second-order valence-corrected chi connectivity index (χ2v) is 6.81. The van der Waals surface area contributed by atoms with Crippen molar-refractivity contribution in [2.24, 2.45) is 0 Å². The molecule has 0 aliphatic carbocycles. The molecule has 0 saturated heterocycles. The van der Waals surface area contributed by atoms with Crippen molar-refractivity contribution in [1.29, 1.82) is 0 Å².